The van der Waals surface area contributed by atoms with Crippen LogP contribution in [0.1, 0.15) is 40.0 Å². The molecule has 0 aromatic heterocycles. The molecule has 6 nitrogen and oxygen atoms in total. The highest BCUT2D eigenvalue weighted by molar-refractivity contribution is 7.89. The van der Waals surface area contributed by atoms with Gasteiger partial charge in [-0.2, -0.15) is 0 Å². The zero-order valence-electron chi connectivity index (χ0n) is 12.1. The summed E-state index contributed by atoms with van der Waals surface area (Å²) in [6, 6.07) is 0. The Balaban J connectivity index is 2.27. The minimum Gasteiger partial charge on any atom is -0.370 e. The molecule has 0 aromatic carbocycles. The van der Waals surface area contributed by atoms with Crippen LogP contribution < -0.4 is 15.8 Å². The smallest absolute Gasteiger partial charge is 0.213 e. The lowest BCUT2D eigenvalue weighted by Gasteiger charge is -2.25. The first kappa shape index (κ1) is 16.2. The summed E-state index contributed by atoms with van der Waals surface area (Å²) in [5.41, 5.74) is 5.49. The zero-order chi connectivity index (χ0) is 14.5. The first-order chi connectivity index (χ1) is 8.68. The van der Waals surface area contributed by atoms with Crippen molar-refractivity contribution in [3.05, 3.63) is 0 Å². The van der Waals surface area contributed by atoms with Crippen molar-refractivity contribution in [3.63, 3.8) is 0 Å². The molecule has 7 heteroatoms. The van der Waals surface area contributed by atoms with Gasteiger partial charge in [0.2, 0.25) is 10.0 Å². The summed E-state index contributed by atoms with van der Waals surface area (Å²) in [6.45, 7) is 6.63. The molecule has 0 bridgehead atoms. The number of hydrogen-bond acceptors (Lipinski definition) is 3. The van der Waals surface area contributed by atoms with Gasteiger partial charge >= 0.3 is 0 Å². The molecular weight excluding hydrogens is 264 g/mol. The fraction of sp³-hybridized carbons (Fsp3) is 0.917. The van der Waals surface area contributed by atoms with Crippen molar-refractivity contribution in [3.8, 4) is 0 Å². The summed E-state index contributed by atoms with van der Waals surface area (Å²) in [6.07, 6.45) is 3.47. The summed E-state index contributed by atoms with van der Waals surface area (Å²) in [5, 5.41) is 2.99. The van der Waals surface area contributed by atoms with Gasteiger partial charge < -0.3 is 11.1 Å². The topological polar surface area (TPSA) is 96.6 Å². The zero-order valence-corrected chi connectivity index (χ0v) is 12.9. The number of aliphatic imine (C=N–C) groups is 1. The van der Waals surface area contributed by atoms with Gasteiger partial charge in [-0.25, -0.2) is 13.1 Å². The quantitative estimate of drug-likeness (QED) is 0.487. The average molecular weight is 290 g/mol. The number of rotatable bonds is 6. The molecule has 1 fully saturated rings. The predicted molar refractivity (Wildman–Crippen MR) is 78.5 cm³/mol. The maximum atomic E-state index is 11.7. The van der Waals surface area contributed by atoms with Crippen LogP contribution in [0.4, 0.5) is 0 Å². The minimum atomic E-state index is -3.23. The van der Waals surface area contributed by atoms with E-state index in [2.05, 4.69) is 15.0 Å². The minimum absolute atomic E-state index is 0.0216. The number of nitrogens with one attached hydrogen (secondary N) is 2. The van der Waals surface area contributed by atoms with Gasteiger partial charge in [0.25, 0.3) is 0 Å². The Labute approximate surface area is 116 Å². The van der Waals surface area contributed by atoms with Crippen LogP contribution in [0.15, 0.2) is 4.99 Å². The molecule has 0 heterocycles. The van der Waals surface area contributed by atoms with E-state index in [1.54, 1.807) is 0 Å². The molecule has 19 heavy (non-hydrogen) atoms. The Morgan fingerprint density at radius 2 is 2.00 bits per heavy atom. The van der Waals surface area contributed by atoms with Crippen molar-refractivity contribution in [2.45, 2.75) is 45.6 Å². The van der Waals surface area contributed by atoms with Crippen molar-refractivity contribution >= 4 is 16.0 Å². The summed E-state index contributed by atoms with van der Waals surface area (Å²) in [4.78, 5) is 4.02. The predicted octanol–water partition coefficient (Wildman–Crippen LogP) is 0.409. The van der Waals surface area contributed by atoms with Crippen LogP contribution in [-0.4, -0.2) is 38.8 Å². The van der Waals surface area contributed by atoms with E-state index in [1.165, 1.54) is 6.42 Å². The molecule has 4 N–H and O–H groups in total. The number of sulfonamides is 1. The SMILES string of the molecule is CC(C)(C)NC(N)=NCCS(=O)(=O)NCC1CCC1. The van der Waals surface area contributed by atoms with E-state index in [-0.39, 0.29) is 23.8 Å². The molecule has 0 aromatic rings. The molecule has 0 saturated heterocycles. The number of hydrogen-bond donors (Lipinski definition) is 3. The van der Waals surface area contributed by atoms with Crippen molar-refractivity contribution < 1.29 is 8.42 Å². The molecule has 0 unspecified atom stereocenters. The Bertz CT molecular complexity index is 408. The van der Waals surface area contributed by atoms with Gasteiger partial charge in [-0.3, -0.25) is 4.99 Å². The highest BCUT2D eigenvalue weighted by Gasteiger charge is 2.20. The van der Waals surface area contributed by atoms with Crippen molar-refractivity contribution in [2.24, 2.45) is 16.6 Å². The Kier molecular flexibility index (Phi) is 5.61. The first-order valence-electron chi connectivity index (χ1n) is 6.73. The standard InChI is InChI=1S/C12H26N4O2S/c1-12(2,3)16-11(13)14-7-8-19(17,18)15-9-10-5-4-6-10/h10,15H,4-9H2,1-3H3,(H3,13,14,16). The van der Waals surface area contributed by atoms with Crippen LogP contribution in [0.3, 0.4) is 0 Å². The molecule has 0 spiro atoms. The van der Waals surface area contributed by atoms with Gasteiger partial charge in [0.15, 0.2) is 5.96 Å². The molecule has 112 valence electrons. The fourth-order valence-electron chi connectivity index (χ4n) is 1.72. The number of nitrogens with two attached hydrogens (primary N) is 1. The average Bonchev–Trinajstić information content (AvgIpc) is 2.11. The molecule has 1 saturated carbocycles. The lowest BCUT2D eigenvalue weighted by molar-refractivity contribution is 0.316. The third kappa shape index (κ3) is 7.37. The highest BCUT2D eigenvalue weighted by Crippen LogP contribution is 2.25. The van der Waals surface area contributed by atoms with Crippen LogP contribution >= 0.6 is 0 Å². The van der Waals surface area contributed by atoms with Gasteiger partial charge in [-0.15, -0.1) is 0 Å². The molecule has 0 aliphatic heterocycles. The largest absolute Gasteiger partial charge is 0.370 e. The van der Waals surface area contributed by atoms with Crippen molar-refractivity contribution in [2.75, 3.05) is 18.8 Å². The van der Waals surface area contributed by atoms with Gasteiger partial charge in [0.05, 0.1) is 12.3 Å². The molecule has 1 aliphatic carbocycles. The summed E-state index contributed by atoms with van der Waals surface area (Å²) in [7, 11) is -3.23. The molecule has 0 radical (unpaired) electrons. The van der Waals surface area contributed by atoms with Crippen molar-refractivity contribution in [1.82, 2.24) is 10.0 Å². The summed E-state index contributed by atoms with van der Waals surface area (Å²) < 4.78 is 26.0. The third-order valence-corrected chi connectivity index (χ3v) is 4.29. The lowest BCUT2D eigenvalue weighted by atomic mass is 9.86. The van der Waals surface area contributed by atoms with E-state index >= 15 is 0 Å². The van der Waals surface area contributed by atoms with Crippen LogP contribution in [0.5, 0.6) is 0 Å². The molecule has 1 rings (SSSR count). The van der Waals surface area contributed by atoms with Crippen LogP contribution in [-0.2, 0) is 10.0 Å². The summed E-state index contributed by atoms with van der Waals surface area (Å²) in [5.74, 6) is 0.777. The Hall–Kier alpha value is -0.820. The first-order valence-corrected chi connectivity index (χ1v) is 8.39. The van der Waals surface area contributed by atoms with Crippen LogP contribution in [0, 0.1) is 5.92 Å². The van der Waals surface area contributed by atoms with Gasteiger partial charge in [-0.1, -0.05) is 6.42 Å². The molecule has 1 aliphatic rings. The second kappa shape index (κ2) is 6.56. The maximum absolute atomic E-state index is 11.7. The van der Waals surface area contributed by atoms with Gasteiger partial charge in [0, 0.05) is 12.1 Å². The molecule has 0 atom stereocenters. The van der Waals surface area contributed by atoms with Crippen LogP contribution in [0.2, 0.25) is 0 Å². The van der Waals surface area contributed by atoms with E-state index in [0.717, 1.165) is 12.8 Å². The second-order valence-corrected chi connectivity index (χ2v) is 8.03. The van der Waals surface area contributed by atoms with E-state index in [1.807, 2.05) is 20.8 Å². The Morgan fingerprint density at radius 1 is 1.37 bits per heavy atom. The Morgan fingerprint density at radius 3 is 2.47 bits per heavy atom. The maximum Gasteiger partial charge on any atom is 0.213 e. The monoisotopic (exact) mass is 290 g/mol. The highest BCUT2D eigenvalue weighted by atomic mass is 32.2. The fourth-order valence-corrected chi connectivity index (χ4v) is 2.69. The second-order valence-electron chi connectivity index (χ2n) is 6.11. The van der Waals surface area contributed by atoms with E-state index in [9.17, 15) is 8.42 Å². The van der Waals surface area contributed by atoms with E-state index < -0.39 is 10.0 Å². The van der Waals surface area contributed by atoms with Crippen molar-refractivity contribution in [1.29, 1.82) is 0 Å². The van der Waals surface area contributed by atoms with Gasteiger partial charge in [0.1, 0.15) is 0 Å². The number of nitrogens with zero attached hydrogens (tertiary/aromatic N) is 1. The lowest BCUT2D eigenvalue weighted by Crippen LogP contribution is -2.45. The third-order valence-electron chi connectivity index (χ3n) is 2.96. The van der Waals surface area contributed by atoms with Gasteiger partial charge in [-0.05, 0) is 39.5 Å². The summed E-state index contributed by atoms with van der Waals surface area (Å²) >= 11 is 0. The molecular formula is C12H26N4O2S. The normalized spacial score (nSPS) is 18.2. The number of guanidine groups is 1. The van der Waals surface area contributed by atoms with E-state index in [4.69, 9.17) is 5.73 Å². The molecule has 0 amide bonds. The van der Waals surface area contributed by atoms with Crippen LogP contribution in [0.25, 0.3) is 0 Å². The van der Waals surface area contributed by atoms with E-state index in [0.29, 0.717) is 12.5 Å².